The summed E-state index contributed by atoms with van der Waals surface area (Å²) in [4.78, 5) is 15.4. The lowest BCUT2D eigenvalue weighted by Crippen LogP contribution is -2.48. The topological polar surface area (TPSA) is 60.9 Å². The number of nitrogens with zero attached hydrogens (tertiary/aromatic N) is 3. The van der Waals surface area contributed by atoms with Gasteiger partial charge in [-0.1, -0.05) is 41.8 Å². The lowest BCUT2D eigenvalue weighted by Gasteiger charge is -2.37. The molecular formula is C24H28Cl2FN3O3S. The van der Waals surface area contributed by atoms with Crippen molar-refractivity contribution in [3.8, 4) is 0 Å². The second-order valence-electron chi connectivity index (χ2n) is 8.90. The molecule has 34 heavy (non-hydrogen) atoms. The third-order valence-corrected chi connectivity index (χ3v) is 9.20. The van der Waals surface area contributed by atoms with Gasteiger partial charge in [0, 0.05) is 56.9 Å². The highest BCUT2D eigenvalue weighted by Gasteiger charge is 2.34. The van der Waals surface area contributed by atoms with Gasteiger partial charge in [0.25, 0.3) is 0 Å². The number of halogens is 3. The predicted molar refractivity (Wildman–Crippen MR) is 133 cm³/mol. The molecule has 1 aliphatic carbocycles. The number of benzene rings is 2. The van der Waals surface area contributed by atoms with Crippen LogP contribution in [0.15, 0.2) is 36.4 Å². The average Bonchev–Trinajstić information content (AvgIpc) is 2.75. The number of hydrogen-bond acceptors (Lipinski definition) is 4. The molecule has 0 unspecified atom stereocenters. The Morgan fingerprint density at radius 1 is 1.06 bits per heavy atom. The van der Waals surface area contributed by atoms with E-state index >= 15 is 4.39 Å². The third kappa shape index (κ3) is 5.67. The van der Waals surface area contributed by atoms with E-state index in [0.29, 0.717) is 47.4 Å². The van der Waals surface area contributed by atoms with Gasteiger partial charge in [0.2, 0.25) is 15.9 Å². The first kappa shape index (κ1) is 25.2. The minimum atomic E-state index is -3.71. The van der Waals surface area contributed by atoms with Crippen molar-refractivity contribution in [2.24, 2.45) is 0 Å². The number of anilines is 1. The largest absolute Gasteiger partial charge is 0.368 e. The van der Waals surface area contributed by atoms with Gasteiger partial charge in [0.1, 0.15) is 5.82 Å². The molecule has 184 valence electrons. The molecule has 0 atom stereocenters. The van der Waals surface area contributed by atoms with Crippen LogP contribution in [0.2, 0.25) is 10.0 Å². The summed E-state index contributed by atoms with van der Waals surface area (Å²) in [5, 5.41) is 0.666. The molecule has 1 heterocycles. The summed E-state index contributed by atoms with van der Waals surface area (Å²) in [7, 11) is -3.71. The smallest absolute Gasteiger partial charge is 0.219 e. The van der Waals surface area contributed by atoms with Crippen molar-refractivity contribution in [3.63, 3.8) is 0 Å². The summed E-state index contributed by atoms with van der Waals surface area (Å²) in [6.45, 7) is 3.99. The molecular weight excluding hydrogens is 500 g/mol. The van der Waals surface area contributed by atoms with E-state index in [2.05, 4.69) is 0 Å². The van der Waals surface area contributed by atoms with Crippen LogP contribution in [0.3, 0.4) is 0 Å². The first-order valence-corrected chi connectivity index (χ1v) is 13.7. The molecule has 2 aromatic rings. The molecule has 1 amide bonds. The van der Waals surface area contributed by atoms with Gasteiger partial charge in [-0.25, -0.2) is 12.8 Å². The van der Waals surface area contributed by atoms with Gasteiger partial charge in [-0.2, -0.15) is 4.31 Å². The summed E-state index contributed by atoms with van der Waals surface area (Å²) in [5.41, 5.74) is 1.62. The average molecular weight is 528 g/mol. The fourth-order valence-corrected chi connectivity index (χ4v) is 6.45. The monoisotopic (exact) mass is 527 g/mol. The molecule has 0 aromatic heterocycles. The Morgan fingerprint density at radius 3 is 2.32 bits per heavy atom. The maximum atomic E-state index is 15.1. The molecule has 1 saturated heterocycles. The Hall–Kier alpha value is -1.87. The molecule has 0 radical (unpaired) electrons. The van der Waals surface area contributed by atoms with Crippen LogP contribution in [0.5, 0.6) is 0 Å². The van der Waals surface area contributed by atoms with E-state index in [1.54, 1.807) is 36.1 Å². The molecule has 4 rings (SSSR count). The fraction of sp³-hybridized carbons (Fsp3) is 0.458. The Kier molecular flexibility index (Phi) is 7.72. The van der Waals surface area contributed by atoms with Crippen LogP contribution in [-0.2, 0) is 27.1 Å². The third-order valence-electron chi connectivity index (χ3n) is 6.63. The maximum Gasteiger partial charge on any atom is 0.219 e. The van der Waals surface area contributed by atoms with Gasteiger partial charge in [0.05, 0.1) is 15.8 Å². The number of amides is 1. The van der Waals surface area contributed by atoms with Crippen molar-refractivity contribution < 1.29 is 17.6 Å². The highest BCUT2D eigenvalue weighted by Crippen LogP contribution is 2.32. The van der Waals surface area contributed by atoms with E-state index in [4.69, 9.17) is 23.2 Å². The molecule has 2 aromatic carbocycles. The molecule has 0 bridgehead atoms. The van der Waals surface area contributed by atoms with Crippen LogP contribution in [0.1, 0.15) is 37.3 Å². The Bertz CT molecular complexity index is 1170. The highest BCUT2D eigenvalue weighted by atomic mass is 35.5. The van der Waals surface area contributed by atoms with Crippen molar-refractivity contribution in [1.82, 2.24) is 9.21 Å². The zero-order valence-electron chi connectivity index (χ0n) is 19.0. The molecule has 0 N–H and O–H groups in total. The van der Waals surface area contributed by atoms with E-state index in [1.807, 2.05) is 11.0 Å². The van der Waals surface area contributed by atoms with Gasteiger partial charge in [-0.15, -0.1) is 0 Å². The first-order valence-electron chi connectivity index (χ1n) is 11.4. The molecule has 0 spiro atoms. The van der Waals surface area contributed by atoms with Gasteiger partial charge in [-0.05, 0) is 42.7 Å². The summed E-state index contributed by atoms with van der Waals surface area (Å²) >= 11 is 12.0. The predicted octanol–water partition coefficient (Wildman–Crippen LogP) is 4.69. The molecule has 1 aliphatic heterocycles. The van der Waals surface area contributed by atoms with E-state index in [0.717, 1.165) is 24.9 Å². The Labute approximate surface area is 210 Å². The number of sulfonamides is 1. The van der Waals surface area contributed by atoms with Crippen molar-refractivity contribution in [3.05, 3.63) is 63.4 Å². The molecule has 6 nitrogen and oxygen atoms in total. The lowest BCUT2D eigenvalue weighted by molar-refractivity contribution is -0.129. The van der Waals surface area contributed by atoms with Crippen molar-refractivity contribution in [2.75, 3.05) is 31.1 Å². The fourth-order valence-electron chi connectivity index (χ4n) is 4.36. The second-order valence-corrected chi connectivity index (χ2v) is 11.6. The molecule has 1 saturated carbocycles. The Morgan fingerprint density at radius 2 is 1.76 bits per heavy atom. The minimum absolute atomic E-state index is 0.0153. The molecule has 2 fully saturated rings. The number of carbonyl (C=O) groups is 1. The number of carbonyl (C=O) groups excluding carboxylic acids is 1. The van der Waals surface area contributed by atoms with E-state index in [-0.39, 0.29) is 24.2 Å². The van der Waals surface area contributed by atoms with E-state index in [9.17, 15) is 13.2 Å². The number of hydrogen-bond donors (Lipinski definition) is 0. The van der Waals surface area contributed by atoms with Gasteiger partial charge in [-0.3, -0.25) is 4.79 Å². The van der Waals surface area contributed by atoms with Crippen LogP contribution >= 0.6 is 23.2 Å². The van der Waals surface area contributed by atoms with Crippen LogP contribution < -0.4 is 4.90 Å². The summed E-state index contributed by atoms with van der Waals surface area (Å²) < 4.78 is 43.2. The number of rotatable bonds is 7. The van der Waals surface area contributed by atoms with Crippen molar-refractivity contribution in [2.45, 2.75) is 44.5 Å². The van der Waals surface area contributed by atoms with Crippen LogP contribution in [-0.4, -0.2) is 55.8 Å². The lowest BCUT2D eigenvalue weighted by atomic mass is 9.93. The van der Waals surface area contributed by atoms with E-state index < -0.39 is 15.8 Å². The van der Waals surface area contributed by atoms with Crippen molar-refractivity contribution >= 4 is 44.8 Å². The summed E-state index contributed by atoms with van der Waals surface area (Å²) in [6.07, 6.45) is 2.48. The summed E-state index contributed by atoms with van der Waals surface area (Å²) in [5.74, 6) is -0.611. The van der Waals surface area contributed by atoms with Crippen molar-refractivity contribution in [1.29, 1.82) is 0 Å². The van der Waals surface area contributed by atoms with E-state index in [1.165, 1.54) is 10.4 Å². The Balaban J connectivity index is 1.50. The van der Waals surface area contributed by atoms with Gasteiger partial charge >= 0.3 is 0 Å². The van der Waals surface area contributed by atoms with Crippen LogP contribution in [0.25, 0.3) is 0 Å². The van der Waals surface area contributed by atoms with Crippen LogP contribution in [0.4, 0.5) is 10.1 Å². The zero-order chi connectivity index (χ0) is 24.5. The first-order chi connectivity index (χ1) is 16.1. The quantitative estimate of drug-likeness (QED) is 0.524. The molecule has 2 aliphatic rings. The second kappa shape index (κ2) is 10.4. The van der Waals surface area contributed by atoms with Gasteiger partial charge in [0.15, 0.2) is 0 Å². The zero-order valence-corrected chi connectivity index (χ0v) is 21.3. The number of piperazine rings is 1. The van der Waals surface area contributed by atoms with Gasteiger partial charge < -0.3 is 9.80 Å². The molecule has 10 heteroatoms. The maximum absolute atomic E-state index is 15.1. The normalized spacial score (nSPS) is 17.2. The standard InChI is InChI=1S/C24H28Cl2FN3O3S/c1-17(31)28-9-11-29(12-10-28)21-7-6-19(24(27)14-21)15-30(20-3-2-4-20)34(32,33)16-18-5-8-22(25)23(26)13-18/h5-8,13-14,20H,2-4,9-12,15-16H2,1H3. The highest BCUT2D eigenvalue weighted by molar-refractivity contribution is 7.88. The summed E-state index contributed by atoms with van der Waals surface area (Å²) in [6, 6.07) is 9.61. The van der Waals surface area contributed by atoms with Crippen LogP contribution in [0, 0.1) is 5.82 Å². The minimum Gasteiger partial charge on any atom is -0.368 e. The SMILES string of the molecule is CC(=O)N1CCN(c2ccc(CN(C3CCC3)S(=O)(=O)Cc3ccc(Cl)c(Cl)c3)c(F)c2)CC1.